The Balaban J connectivity index is 1.97. The molecule has 2 aromatic carbocycles. The average Bonchev–Trinajstić information content (AvgIpc) is 2.64. The highest BCUT2D eigenvalue weighted by atomic mass is 19.3. The number of aryl methyl sites for hydroxylation is 2. The first-order valence-electron chi connectivity index (χ1n) is 8.38. The zero-order valence-electron chi connectivity index (χ0n) is 15.7. The number of Topliss-reactive ketones (excluding diaryl/α,β-unsaturated/α-hetero) is 1. The zero-order chi connectivity index (χ0) is 20.7. The standard InChI is InChI=1S/C21H20F2O5/c1-13-4-7-16(14(2)10-13)17(24)12-27-20(25)9-6-15-5-8-18(28-21(22)23)19(11-15)26-3/h4-11,21H,12H2,1-3H3/b9-6+. The lowest BCUT2D eigenvalue weighted by atomic mass is 10.0. The van der Waals surface area contributed by atoms with Crippen LogP contribution in [0.2, 0.25) is 0 Å². The number of hydrogen-bond acceptors (Lipinski definition) is 5. The van der Waals surface area contributed by atoms with Crippen molar-refractivity contribution in [2.45, 2.75) is 20.5 Å². The van der Waals surface area contributed by atoms with E-state index in [-0.39, 0.29) is 23.9 Å². The average molecular weight is 390 g/mol. The van der Waals surface area contributed by atoms with Gasteiger partial charge in [-0.05, 0) is 43.2 Å². The molecule has 0 saturated carbocycles. The predicted molar refractivity (Wildman–Crippen MR) is 99.9 cm³/mol. The molecule has 0 amide bonds. The van der Waals surface area contributed by atoms with Gasteiger partial charge in [-0.15, -0.1) is 0 Å². The molecule has 0 unspecified atom stereocenters. The van der Waals surface area contributed by atoms with E-state index in [0.29, 0.717) is 11.1 Å². The lowest BCUT2D eigenvalue weighted by molar-refractivity contribution is -0.136. The Morgan fingerprint density at radius 3 is 2.46 bits per heavy atom. The molecule has 5 nitrogen and oxygen atoms in total. The summed E-state index contributed by atoms with van der Waals surface area (Å²) in [6, 6.07) is 9.61. The first kappa shape index (κ1) is 21.1. The summed E-state index contributed by atoms with van der Waals surface area (Å²) in [5.74, 6) is -1.02. The van der Waals surface area contributed by atoms with Gasteiger partial charge in [0, 0.05) is 11.6 Å². The van der Waals surface area contributed by atoms with Crippen molar-refractivity contribution in [2.24, 2.45) is 0 Å². The number of esters is 1. The monoisotopic (exact) mass is 390 g/mol. The van der Waals surface area contributed by atoms with E-state index in [2.05, 4.69) is 4.74 Å². The van der Waals surface area contributed by atoms with Crippen LogP contribution in [0.25, 0.3) is 6.08 Å². The van der Waals surface area contributed by atoms with Gasteiger partial charge in [-0.25, -0.2) is 4.79 Å². The molecule has 0 aliphatic heterocycles. The van der Waals surface area contributed by atoms with Crippen LogP contribution in [0.3, 0.4) is 0 Å². The van der Waals surface area contributed by atoms with Crippen molar-refractivity contribution in [1.82, 2.24) is 0 Å². The lowest BCUT2D eigenvalue weighted by Crippen LogP contribution is -2.13. The number of methoxy groups -OCH3 is 1. The Labute approximate surface area is 161 Å². The van der Waals surface area contributed by atoms with Gasteiger partial charge in [0.2, 0.25) is 5.78 Å². The van der Waals surface area contributed by atoms with Crippen LogP contribution in [0.5, 0.6) is 11.5 Å². The van der Waals surface area contributed by atoms with Gasteiger partial charge < -0.3 is 14.2 Å². The number of ether oxygens (including phenoxy) is 3. The summed E-state index contributed by atoms with van der Waals surface area (Å²) in [5.41, 5.74) is 2.86. The fraction of sp³-hybridized carbons (Fsp3) is 0.238. The molecule has 0 radical (unpaired) electrons. The minimum Gasteiger partial charge on any atom is -0.493 e. The molecule has 0 N–H and O–H groups in total. The minimum absolute atomic E-state index is 0.0980. The first-order valence-corrected chi connectivity index (χ1v) is 8.38. The highest BCUT2D eigenvalue weighted by Gasteiger charge is 2.12. The number of halogens is 2. The zero-order valence-corrected chi connectivity index (χ0v) is 15.7. The summed E-state index contributed by atoms with van der Waals surface area (Å²) in [4.78, 5) is 24.0. The largest absolute Gasteiger partial charge is 0.493 e. The van der Waals surface area contributed by atoms with Crippen LogP contribution in [-0.2, 0) is 9.53 Å². The number of hydrogen-bond donors (Lipinski definition) is 0. The van der Waals surface area contributed by atoms with Crippen molar-refractivity contribution in [3.8, 4) is 11.5 Å². The third-order valence-electron chi connectivity index (χ3n) is 3.84. The topological polar surface area (TPSA) is 61.8 Å². The molecule has 0 atom stereocenters. The van der Waals surface area contributed by atoms with Crippen molar-refractivity contribution in [1.29, 1.82) is 0 Å². The molecule has 0 saturated heterocycles. The van der Waals surface area contributed by atoms with Crippen LogP contribution < -0.4 is 9.47 Å². The summed E-state index contributed by atoms with van der Waals surface area (Å²) >= 11 is 0. The maximum absolute atomic E-state index is 12.3. The molecule has 0 spiro atoms. The van der Waals surface area contributed by atoms with E-state index in [0.717, 1.165) is 17.2 Å². The maximum atomic E-state index is 12.3. The van der Waals surface area contributed by atoms with Gasteiger partial charge in [0.05, 0.1) is 7.11 Å². The Kier molecular flexibility index (Phi) is 7.26. The van der Waals surface area contributed by atoms with Crippen molar-refractivity contribution >= 4 is 17.8 Å². The van der Waals surface area contributed by atoms with E-state index in [1.165, 1.54) is 31.4 Å². The lowest BCUT2D eigenvalue weighted by Gasteiger charge is -2.10. The Hall–Kier alpha value is -3.22. The fourth-order valence-electron chi connectivity index (χ4n) is 2.53. The van der Waals surface area contributed by atoms with Gasteiger partial charge >= 0.3 is 12.6 Å². The van der Waals surface area contributed by atoms with Gasteiger partial charge in [-0.2, -0.15) is 8.78 Å². The maximum Gasteiger partial charge on any atom is 0.387 e. The predicted octanol–water partition coefficient (Wildman–Crippen LogP) is 4.35. The quantitative estimate of drug-likeness (QED) is 0.381. The van der Waals surface area contributed by atoms with E-state index in [9.17, 15) is 18.4 Å². The summed E-state index contributed by atoms with van der Waals surface area (Å²) in [5, 5.41) is 0. The van der Waals surface area contributed by atoms with Gasteiger partial charge in [-0.3, -0.25) is 4.79 Å². The molecule has 2 aromatic rings. The number of rotatable bonds is 8. The SMILES string of the molecule is COc1cc(/C=C/C(=O)OCC(=O)c2ccc(C)cc2C)ccc1OC(F)F. The normalized spacial score (nSPS) is 10.9. The van der Waals surface area contributed by atoms with E-state index >= 15 is 0 Å². The van der Waals surface area contributed by atoms with E-state index in [4.69, 9.17) is 9.47 Å². The smallest absolute Gasteiger partial charge is 0.387 e. The van der Waals surface area contributed by atoms with E-state index in [1.807, 2.05) is 26.0 Å². The summed E-state index contributed by atoms with van der Waals surface area (Å²) in [6.07, 6.45) is 2.55. The van der Waals surface area contributed by atoms with Crippen molar-refractivity contribution in [3.05, 3.63) is 64.7 Å². The summed E-state index contributed by atoms with van der Waals surface area (Å²) < 4.78 is 38.9. The number of carbonyl (C=O) groups excluding carboxylic acids is 2. The summed E-state index contributed by atoms with van der Waals surface area (Å²) in [6.45, 7) is 0.390. The van der Waals surface area contributed by atoms with Crippen molar-refractivity contribution < 1.29 is 32.6 Å². The minimum atomic E-state index is -2.97. The molecule has 0 aliphatic carbocycles. The third kappa shape index (κ3) is 5.90. The highest BCUT2D eigenvalue weighted by molar-refractivity contribution is 6.00. The molecule has 0 fully saturated rings. The second kappa shape index (κ2) is 9.64. The third-order valence-corrected chi connectivity index (χ3v) is 3.84. The van der Waals surface area contributed by atoms with Gasteiger partial charge in [-0.1, -0.05) is 29.8 Å². The molecule has 2 rings (SSSR count). The second-order valence-corrected chi connectivity index (χ2v) is 5.97. The van der Waals surface area contributed by atoms with Crippen LogP contribution >= 0.6 is 0 Å². The number of benzene rings is 2. The molecular weight excluding hydrogens is 370 g/mol. The van der Waals surface area contributed by atoms with Crippen molar-refractivity contribution in [2.75, 3.05) is 13.7 Å². The molecule has 0 aliphatic rings. The Bertz CT molecular complexity index is 890. The molecular formula is C21H20F2O5. The van der Waals surface area contributed by atoms with E-state index < -0.39 is 12.6 Å². The van der Waals surface area contributed by atoms with E-state index in [1.54, 1.807) is 6.07 Å². The fourth-order valence-corrected chi connectivity index (χ4v) is 2.53. The van der Waals surface area contributed by atoms with Crippen LogP contribution in [0, 0.1) is 13.8 Å². The first-order chi connectivity index (χ1) is 13.3. The van der Waals surface area contributed by atoms with Crippen LogP contribution in [0.15, 0.2) is 42.5 Å². The molecule has 7 heteroatoms. The summed E-state index contributed by atoms with van der Waals surface area (Å²) in [7, 11) is 1.31. The van der Waals surface area contributed by atoms with Crippen LogP contribution in [-0.4, -0.2) is 32.1 Å². The van der Waals surface area contributed by atoms with Gasteiger partial charge in [0.15, 0.2) is 18.1 Å². The number of carbonyl (C=O) groups is 2. The number of alkyl halides is 2. The Morgan fingerprint density at radius 2 is 1.82 bits per heavy atom. The number of ketones is 1. The molecule has 0 aromatic heterocycles. The molecule has 0 heterocycles. The molecule has 0 bridgehead atoms. The molecule has 148 valence electrons. The highest BCUT2D eigenvalue weighted by Crippen LogP contribution is 2.29. The molecule has 28 heavy (non-hydrogen) atoms. The second-order valence-electron chi connectivity index (χ2n) is 5.97. The van der Waals surface area contributed by atoms with Crippen molar-refractivity contribution in [3.63, 3.8) is 0 Å². The van der Waals surface area contributed by atoms with Crippen LogP contribution in [0.1, 0.15) is 27.0 Å². The van der Waals surface area contributed by atoms with Crippen LogP contribution in [0.4, 0.5) is 8.78 Å². The van der Waals surface area contributed by atoms with Gasteiger partial charge in [0.25, 0.3) is 0 Å². The Morgan fingerprint density at radius 1 is 1.07 bits per heavy atom. The van der Waals surface area contributed by atoms with Gasteiger partial charge in [0.1, 0.15) is 0 Å².